The first-order valence-corrected chi connectivity index (χ1v) is 8.37. The predicted octanol–water partition coefficient (Wildman–Crippen LogP) is 3.39. The number of nitrogens with zero attached hydrogens (tertiary/aromatic N) is 2. The molecule has 1 fully saturated rings. The normalized spacial score (nSPS) is 14.5. The number of aliphatic imine (C=N–C) groups is 1. The van der Waals surface area contributed by atoms with E-state index >= 15 is 0 Å². The minimum Gasteiger partial charge on any atom is -0.497 e. The number of amidine groups is 1. The van der Waals surface area contributed by atoms with Gasteiger partial charge in [-0.2, -0.15) is 4.99 Å². The average Bonchev–Trinajstić information content (AvgIpc) is 3.20. The van der Waals surface area contributed by atoms with Gasteiger partial charge >= 0.3 is 0 Å². The fourth-order valence-electron chi connectivity index (χ4n) is 2.88. The third-order valence-corrected chi connectivity index (χ3v) is 4.30. The van der Waals surface area contributed by atoms with E-state index in [1.54, 1.807) is 38.5 Å². The van der Waals surface area contributed by atoms with Crippen LogP contribution in [0.2, 0.25) is 0 Å². The van der Waals surface area contributed by atoms with E-state index in [0.29, 0.717) is 5.56 Å². The first-order chi connectivity index (χ1) is 12.2. The molecule has 0 atom stereocenters. The number of benzene rings is 2. The number of ether oxygens (including phenoxy) is 2. The summed E-state index contributed by atoms with van der Waals surface area (Å²) < 4.78 is 10.3. The largest absolute Gasteiger partial charge is 0.497 e. The molecule has 25 heavy (non-hydrogen) atoms. The maximum atomic E-state index is 12.6. The van der Waals surface area contributed by atoms with Crippen molar-refractivity contribution in [3.05, 3.63) is 59.7 Å². The molecule has 2 aromatic rings. The molecule has 130 valence electrons. The van der Waals surface area contributed by atoms with Gasteiger partial charge < -0.3 is 14.4 Å². The van der Waals surface area contributed by atoms with E-state index in [1.165, 1.54) is 0 Å². The van der Waals surface area contributed by atoms with Crippen molar-refractivity contribution in [2.45, 2.75) is 12.8 Å². The van der Waals surface area contributed by atoms with Gasteiger partial charge in [0.25, 0.3) is 5.91 Å². The number of amides is 1. The number of likely N-dealkylation sites (tertiary alicyclic amines) is 1. The molecule has 0 radical (unpaired) electrons. The van der Waals surface area contributed by atoms with Crippen molar-refractivity contribution in [3.63, 3.8) is 0 Å². The summed E-state index contributed by atoms with van der Waals surface area (Å²) in [7, 11) is 3.24. The van der Waals surface area contributed by atoms with Crippen LogP contribution in [0.1, 0.15) is 28.8 Å². The van der Waals surface area contributed by atoms with Crippen LogP contribution in [0, 0.1) is 0 Å². The molecule has 3 rings (SSSR count). The summed E-state index contributed by atoms with van der Waals surface area (Å²) in [5, 5.41) is 0. The lowest BCUT2D eigenvalue weighted by Crippen LogP contribution is -2.29. The van der Waals surface area contributed by atoms with Crippen LogP contribution in [-0.2, 0) is 0 Å². The third-order valence-electron chi connectivity index (χ3n) is 4.30. The molecule has 1 amide bonds. The van der Waals surface area contributed by atoms with Crippen molar-refractivity contribution in [1.82, 2.24) is 4.90 Å². The molecule has 1 heterocycles. The summed E-state index contributed by atoms with van der Waals surface area (Å²) in [5.74, 6) is 1.97. The van der Waals surface area contributed by atoms with Crippen LogP contribution in [0.15, 0.2) is 53.5 Å². The van der Waals surface area contributed by atoms with Crippen molar-refractivity contribution in [2.75, 3.05) is 27.3 Å². The second-order valence-corrected chi connectivity index (χ2v) is 5.89. The Bertz CT molecular complexity index is 746. The van der Waals surface area contributed by atoms with Crippen LogP contribution < -0.4 is 9.47 Å². The second-order valence-electron chi connectivity index (χ2n) is 5.89. The van der Waals surface area contributed by atoms with Crippen LogP contribution in [-0.4, -0.2) is 44.0 Å². The number of carbonyl (C=O) groups excluding carboxylic acids is 1. The Morgan fingerprint density at radius 1 is 0.840 bits per heavy atom. The third kappa shape index (κ3) is 3.99. The molecule has 0 aliphatic carbocycles. The smallest absolute Gasteiger partial charge is 0.278 e. The first kappa shape index (κ1) is 17.0. The van der Waals surface area contributed by atoms with E-state index in [4.69, 9.17) is 9.47 Å². The van der Waals surface area contributed by atoms with Gasteiger partial charge in [-0.25, -0.2) is 0 Å². The highest BCUT2D eigenvalue weighted by Gasteiger charge is 2.19. The number of hydrogen-bond donors (Lipinski definition) is 0. The molecule has 0 saturated carbocycles. The van der Waals surface area contributed by atoms with Gasteiger partial charge in [-0.1, -0.05) is 0 Å². The topological polar surface area (TPSA) is 51.1 Å². The van der Waals surface area contributed by atoms with Crippen molar-refractivity contribution in [1.29, 1.82) is 0 Å². The Kier molecular flexibility index (Phi) is 5.33. The Labute approximate surface area is 147 Å². The molecule has 0 N–H and O–H groups in total. The summed E-state index contributed by atoms with van der Waals surface area (Å²) in [5.41, 5.74) is 1.47. The van der Waals surface area contributed by atoms with E-state index < -0.39 is 0 Å². The highest BCUT2D eigenvalue weighted by molar-refractivity contribution is 6.09. The summed E-state index contributed by atoms with van der Waals surface area (Å²) in [6.45, 7) is 1.83. The first-order valence-electron chi connectivity index (χ1n) is 8.37. The van der Waals surface area contributed by atoms with E-state index in [9.17, 15) is 4.79 Å². The molecule has 1 aliphatic heterocycles. The molecule has 0 bridgehead atoms. The van der Waals surface area contributed by atoms with Crippen molar-refractivity contribution >= 4 is 11.7 Å². The SMILES string of the molecule is COc1ccc(C(=O)N=C(c2ccc(OC)cc2)N2CCCC2)cc1. The highest BCUT2D eigenvalue weighted by atomic mass is 16.5. The maximum absolute atomic E-state index is 12.6. The van der Waals surface area contributed by atoms with Crippen molar-refractivity contribution in [2.24, 2.45) is 4.99 Å². The minimum atomic E-state index is -0.250. The summed E-state index contributed by atoms with van der Waals surface area (Å²) in [6, 6.07) is 14.7. The van der Waals surface area contributed by atoms with E-state index in [-0.39, 0.29) is 5.91 Å². The van der Waals surface area contributed by atoms with E-state index in [2.05, 4.69) is 9.89 Å². The molecule has 0 aromatic heterocycles. The van der Waals surface area contributed by atoms with Gasteiger partial charge in [0.2, 0.25) is 0 Å². The monoisotopic (exact) mass is 338 g/mol. The predicted molar refractivity (Wildman–Crippen MR) is 97.7 cm³/mol. The zero-order valence-corrected chi connectivity index (χ0v) is 14.6. The van der Waals surface area contributed by atoms with Gasteiger partial charge in [0.1, 0.15) is 17.3 Å². The molecule has 2 aromatic carbocycles. The standard InChI is InChI=1S/C20H22N2O3/c1-24-17-9-5-15(6-10-17)19(22-13-3-4-14-22)21-20(23)16-7-11-18(25-2)12-8-16/h5-12H,3-4,13-14H2,1-2H3. The number of hydrogen-bond acceptors (Lipinski definition) is 3. The molecule has 1 aliphatic rings. The number of methoxy groups -OCH3 is 2. The lowest BCUT2D eigenvalue weighted by Gasteiger charge is -2.20. The summed E-state index contributed by atoms with van der Waals surface area (Å²) in [6.07, 6.45) is 2.23. The Balaban J connectivity index is 1.91. The van der Waals surface area contributed by atoms with Crippen molar-refractivity contribution in [3.8, 4) is 11.5 Å². The lowest BCUT2D eigenvalue weighted by molar-refractivity contribution is 0.100. The van der Waals surface area contributed by atoms with Crippen LogP contribution in [0.4, 0.5) is 0 Å². The fraction of sp³-hybridized carbons (Fsp3) is 0.300. The van der Waals surface area contributed by atoms with Gasteiger partial charge in [-0.05, 0) is 61.4 Å². The molecule has 1 saturated heterocycles. The van der Waals surface area contributed by atoms with Gasteiger partial charge in [0.15, 0.2) is 0 Å². The quantitative estimate of drug-likeness (QED) is 0.633. The maximum Gasteiger partial charge on any atom is 0.278 e. The number of carbonyl (C=O) groups is 1. The minimum absolute atomic E-state index is 0.250. The van der Waals surface area contributed by atoms with Gasteiger partial charge in [-0.15, -0.1) is 0 Å². The van der Waals surface area contributed by atoms with Crippen molar-refractivity contribution < 1.29 is 14.3 Å². The van der Waals surface area contributed by atoms with Gasteiger partial charge in [-0.3, -0.25) is 4.79 Å². The molecule has 5 nitrogen and oxygen atoms in total. The van der Waals surface area contributed by atoms with Gasteiger partial charge in [0.05, 0.1) is 14.2 Å². The zero-order valence-electron chi connectivity index (χ0n) is 14.6. The van der Waals surface area contributed by atoms with E-state index in [0.717, 1.165) is 48.8 Å². The fourth-order valence-corrected chi connectivity index (χ4v) is 2.88. The Hall–Kier alpha value is -2.82. The molecular formula is C20H22N2O3. The Morgan fingerprint density at radius 2 is 1.32 bits per heavy atom. The number of rotatable bonds is 4. The van der Waals surface area contributed by atoms with E-state index in [1.807, 2.05) is 24.3 Å². The van der Waals surface area contributed by atoms with Crippen LogP contribution in [0.25, 0.3) is 0 Å². The summed E-state index contributed by atoms with van der Waals surface area (Å²) in [4.78, 5) is 19.2. The molecule has 5 heteroatoms. The average molecular weight is 338 g/mol. The molecule has 0 spiro atoms. The lowest BCUT2D eigenvalue weighted by atomic mass is 10.1. The van der Waals surface area contributed by atoms with Gasteiger partial charge in [0, 0.05) is 24.2 Å². The molecular weight excluding hydrogens is 316 g/mol. The molecule has 0 unspecified atom stereocenters. The van der Waals surface area contributed by atoms with Crippen LogP contribution in [0.3, 0.4) is 0 Å². The van der Waals surface area contributed by atoms with Crippen LogP contribution >= 0.6 is 0 Å². The zero-order chi connectivity index (χ0) is 17.6. The summed E-state index contributed by atoms with van der Waals surface area (Å²) >= 11 is 0. The highest BCUT2D eigenvalue weighted by Crippen LogP contribution is 2.19. The van der Waals surface area contributed by atoms with Crippen LogP contribution in [0.5, 0.6) is 11.5 Å². The second kappa shape index (κ2) is 7.83. The Morgan fingerprint density at radius 3 is 1.80 bits per heavy atom.